The second-order valence-electron chi connectivity index (χ2n) is 6.91. The lowest BCUT2D eigenvalue weighted by Gasteiger charge is -2.13. The van der Waals surface area contributed by atoms with Crippen molar-refractivity contribution in [2.45, 2.75) is 13.5 Å². The number of amides is 5. The first-order valence-electron chi connectivity index (χ1n) is 9.56. The summed E-state index contributed by atoms with van der Waals surface area (Å²) in [6.45, 7) is 2.47. The number of urea groups is 1. The highest BCUT2D eigenvalue weighted by atomic mass is 32.2. The van der Waals surface area contributed by atoms with Gasteiger partial charge in [-0.1, -0.05) is 42.0 Å². The van der Waals surface area contributed by atoms with E-state index >= 15 is 0 Å². The molecule has 1 fully saturated rings. The van der Waals surface area contributed by atoms with Gasteiger partial charge in [0.25, 0.3) is 17.1 Å². The van der Waals surface area contributed by atoms with Crippen molar-refractivity contribution in [2.24, 2.45) is 5.73 Å². The van der Waals surface area contributed by atoms with Gasteiger partial charge in [0.1, 0.15) is 0 Å². The monoisotopic (exact) mass is 438 g/mol. The summed E-state index contributed by atoms with van der Waals surface area (Å²) in [7, 11) is 0. The number of rotatable bonds is 7. The Labute approximate surface area is 183 Å². The van der Waals surface area contributed by atoms with Gasteiger partial charge < -0.3 is 16.4 Å². The minimum atomic E-state index is -0.622. The highest BCUT2D eigenvalue weighted by Gasteiger charge is 2.34. The summed E-state index contributed by atoms with van der Waals surface area (Å²) in [4.78, 5) is 49.3. The first kappa shape index (κ1) is 22.1. The molecule has 0 unspecified atom stereocenters. The average Bonchev–Trinajstić information content (AvgIpc) is 3.01. The maximum absolute atomic E-state index is 12.5. The molecule has 5 amide bonds. The zero-order valence-electron chi connectivity index (χ0n) is 16.9. The summed E-state index contributed by atoms with van der Waals surface area (Å²) in [5, 5.41) is 4.81. The van der Waals surface area contributed by atoms with Gasteiger partial charge in [-0.15, -0.1) is 0 Å². The SMILES string of the molecule is Cc1ccc(/C=C2\SC(=O)N(CCNC(=O)c3ccc(CNC(N)=O)cc3)C2=O)cc1. The molecule has 1 aliphatic rings. The Balaban J connectivity index is 1.52. The van der Waals surface area contributed by atoms with Crippen molar-refractivity contribution in [1.82, 2.24) is 15.5 Å². The van der Waals surface area contributed by atoms with E-state index in [0.717, 1.165) is 33.4 Å². The van der Waals surface area contributed by atoms with Gasteiger partial charge >= 0.3 is 6.03 Å². The summed E-state index contributed by atoms with van der Waals surface area (Å²) in [6.07, 6.45) is 1.69. The first-order valence-corrected chi connectivity index (χ1v) is 10.4. The number of hydrogen-bond acceptors (Lipinski definition) is 5. The van der Waals surface area contributed by atoms with E-state index in [1.807, 2.05) is 31.2 Å². The third-order valence-electron chi connectivity index (χ3n) is 4.55. The molecule has 1 saturated heterocycles. The summed E-state index contributed by atoms with van der Waals surface area (Å²) in [5.41, 5.74) is 8.21. The molecule has 1 heterocycles. The standard InChI is InChI=1S/C22H22N4O4S/c1-14-2-4-15(5-3-14)12-18-20(28)26(22(30)31-18)11-10-24-19(27)17-8-6-16(7-9-17)13-25-21(23)29/h2-9,12H,10-11,13H2,1H3,(H,24,27)(H3,23,25,29)/b18-12-. The summed E-state index contributed by atoms with van der Waals surface area (Å²) in [5.74, 6) is -0.687. The number of carbonyl (C=O) groups is 4. The van der Waals surface area contributed by atoms with Gasteiger partial charge in [0.05, 0.1) is 4.91 Å². The lowest BCUT2D eigenvalue weighted by Crippen LogP contribution is -2.37. The molecule has 0 radical (unpaired) electrons. The molecule has 31 heavy (non-hydrogen) atoms. The molecule has 1 aliphatic heterocycles. The van der Waals surface area contributed by atoms with Crippen LogP contribution >= 0.6 is 11.8 Å². The van der Waals surface area contributed by atoms with Crippen molar-refractivity contribution in [3.05, 3.63) is 75.7 Å². The molecule has 2 aromatic rings. The number of primary amides is 1. The molecule has 4 N–H and O–H groups in total. The molecule has 0 aromatic heterocycles. The number of hydrogen-bond donors (Lipinski definition) is 3. The smallest absolute Gasteiger partial charge is 0.312 e. The third kappa shape index (κ3) is 5.95. The predicted octanol–water partition coefficient (Wildman–Crippen LogP) is 2.63. The molecule has 8 nitrogen and oxygen atoms in total. The Morgan fingerprint density at radius 1 is 1.03 bits per heavy atom. The maximum atomic E-state index is 12.5. The number of thioether (sulfide) groups is 1. The Morgan fingerprint density at radius 3 is 2.35 bits per heavy atom. The quantitative estimate of drug-likeness (QED) is 0.574. The van der Waals surface area contributed by atoms with Crippen molar-refractivity contribution in [1.29, 1.82) is 0 Å². The van der Waals surface area contributed by atoms with Gasteiger partial charge in [-0.25, -0.2) is 4.79 Å². The zero-order chi connectivity index (χ0) is 22.4. The Bertz CT molecular complexity index is 1030. The Kier molecular flexibility index (Phi) is 7.09. The van der Waals surface area contributed by atoms with Crippen LogP contribution in [0.2, 0.25) is 0 Å². The van der Waals surface area contributed by atoms with Crippen LogP contribution < -0.4 is 16.4 Å². The third-order valence-corrected chi connectivity index (χ3v) is 5.46. The van der Waals surface area contributed by atoms with Crippen LogP contribution in [0.5, 0.6) is 0 Å². The molecular formula is C22H22N4O4S. The summed E-state index contributed by atoms with van der Waals surface area (Å²) in [6, 6.07) is 13.7. The van der Waals surface area contributed by atoms with E-state index in [1.165, 1.54) is 0 Å². The Morgan fingerprint density at radius 2 is 1.71 bits per heavy atom. The van der Waals surface area contributed by atoms with Crippen LogP contribution in [-0.2, 0) is 11.3 Å². The van der Waals surface area contributed by atoms with Crippen molar-refractivity contribution in [3.63, 3.8) is 0 Å². The van der Waals surface area contributed by atoms with Gasteiger partial charge in [-0.3, -0.25) is 19.3 Å². The zero-order valence-corrected chi connectivity index (χ0v) is 17.7. The van der Waals surface area contributed by atoms with Crippen LogP contribution in [0.4, 0.5) is 9.59 Å². The van der Waals surface area contributed by atoms with Crippen LogP contribution in [0.1, 0.15) is 27.0 Å². The number of nitrogens with two attached hydrogens (primary N) is 1. The van der Waals surface area contributed by atoms with Crippen LogP contribution in [0, 0.1) is 6.92 Å². The van der Waals surface area contributed by atoms with Crippen LogP contribution in [0.15, 0.2) is 53.4 Å². The number of carbonyl (C=O) groups excluding carboxylic acids is 4. The molecule has 0 bridgehead atoms. The normalized spacial score (nSPS) is 14.7. The number of aryl methyl sites for hydroxylation is 1. The molecule has 0 atom stereocenters. The Hall–Kier alpha value is -3.59. The fourth-order valence-corrected chi connectivity index (χ4v) is 3.72. The van der Waals surface area contributed by atoms with Gasteiger partial charge in [-0.2, -0.15) is 0 Å². The van der Waals surface area contributed by atoms with Crippen molar-refractivity contribution >= 4 is 40.9 Å². The van der Waals surface area contributed by atoms with E-state index in [4.69, 9.17) is 5.73 Å². The molecule has 0 spiro atoms. The topological polar surface area (TPSA) is 122 Å². The molecule has 9 heteroatoms. The van der Waals surface area contributed by atoms with E-state index in [9.17, 15) is 19.2 Å². The summed E-state index contributed by atoms with van der Waals surface area (Å²) >= 11 is 0.891. The maximum Gasteiger partial charge on any atom is 0.312 e. The molecule has 160 valence electrons. The van der Waals surface area contributed by atoms with Crippen molar-refractivity contribution < 1.29 is 19.2 Å². The fraction of sp³-hybridized carbons (Fsp3) is 0.182. The van der Waals surface area contributed by atoms with E-state index in [2.05, 4.69) is 10.6 Å². The molecule has 2 aromatic carbocycles. The second-order valence-corrected chi connectivity index (χ2v) is 7.91. The van der Waals surface area contributed by atoms with Crippen LogP contribution in [-0.4, -0.2) is 41.1 Å². The fourth-order valence-electron chi connectivity index (χ4n) is 2.85. The minimum Gasteiger partial charge on any atom is -0.352 e. The van der Waals surface area contributed by atoms with Crippen LogP contribution in [0.3, 0.4) is 0 Å². The number of nitrogens with zero attached hydrogens (tertiary/aromatic N) is 1. The van der Waals surface area contributed by atoms with Gasteiger partial charge in [0, 0.05) is 25.2 Å². The van der Waals surface area contributed by atoms with Gasteiger partial charge in [0.15, 0.2) is 0 Å². The largest absolute Gasteiger partial charge is 0.352 e. The number of nitrogens with one attached hydrogen (secondary N) is 2. The van der Waals surface area contributed by atoms with E-state index in [1.54, 1.807) is 30.3 Å². The molecule has 0 saturated carbocycles. The van der Waals surface area contributed by atoms with Gasteiger partial charge in [0.2, 0.25) is 0 Å². The lowest BCUT2D eigenvalue weighted by atomic mass is 10.1. The van der Waals surface area contributed by atoms with E-state index < -0.39 is 6.03 Å². The lowest BCUT2D eigenvalue weighted by molar-refractivity contribution is -0.122. The number of benzene rings is 2. The second kappa shape index (κ2) is 9.94. The van der Waals surface area contributed by atoms with E-state index in [0.29, 0.717) is 10.5 Å². The molecule has 0 aliphatic carbocycles. The molecular weight excluding hydrogens is 416 g/mol. The van der Waals surface area contributed by atoms with Crippen molar-refractivity contribution in [3.8, 4) is 0 Å². The first-order chi connectivity index (χ1) is 14.8. The highest BCUT2D eigenvalue weighted by Crippen LogP contribution is 2.31. The number of imide groups is 1. The van der Waals surface area contributed by atoms with E-state index in [-0.39, 0.29) is 36.7 Å². The predicted molar refractivity (Wildman–Crippen MR) is 119 cm³/mol. The van der Waals surface area contributed by atoms with Crippen molar-refractivity contribution in [2.75, 3.05) is 13.1 Å². The average molecular weight is 439 g/mol. The highest BCUT2D eigenvalue weighted by molar-refractivity contribution is 8.18. The van der Waals surface area contributed by atoms with Crippen LogP contribution in [0.25, 0.3) is 6.08 Å². The molecule has 3 rings (SSSR count). The summed E-state index contributed by atoms with van der Waals surface area (Å²) < 4.78 is 0. The van der Waals surface area contributed by atoms with Gasteiger partial charge in [-0.05, 0) is 48.0 Å². The minimum absolute atomic E-state index is 0.0856.